The number of nitrogens with one attached hydrogen (secondary N) is 1. The van der Waals surface area contributed by atoms with Crippen LogP contribution in [0.4, 0.5) is 0 Å². The summed E-state index contributed by atoms with van der Waals surface area (Å²) < 4.78 is 34.6. The Bertz CT molecular complexity index is 928. The van der Waals surface area contributed by atoms with Crippen molar-refractivity contribution in [3.8, 4) is 0 Å². The fraction of sp³-hybridized carbons (Fsp3) is 0.375. The molecule has 0 spiro atoms. The smallest absolute Gasteiger partial charge is 0.339 e. The van der Waals surface area contributed by atoms with Crippen molar-refractivity contribution in [2.45, 2.75) is 10.9 Å². The Labute approximate surface area is 156 Å². The van der Waals surface area contributed by atoms with Crippen molar-refractivity contribution >= 4 is 27.6 Å². The molecule has 1 N–H and O–H groups in total. The molecule has 1 aliphatic heterocycles. The molecule has 1 fully saturated rings. The standard InChI is InChI=1S/C16H19ClN4O4S/c1-20-7-6-19-15(20)13-10-18-5-8-21(13)26(23,24)14-4-3-11(17)9-12(14)16(22)25-2/h3-4,6-7,9,13,18H,5,8,10H2,1-2H3. The number of benzene rings is 1. The van der Waals surface area contributed by atoms with E-state index in [1.165, 1.54) is 29.6 Å². The van der Waals surface area contributed by atoms with Crippen molar-refractivity contribution in [1.29, 1.82) is 0 Å². The van der Waals surface area contributed by atoms with Gasteiger partial charge in [-0.05, 0) is 18.2 Å². The zero-order chi connectivity index (χ0) is 18.9. The van der Waals surface area contributed by atoms with Gasteiger partial charge < -0.3 is 14.6 Å². The van der Waals surface area contributed by atoms with E-state index < -0.39 is 22.0 Å². The van der Waals surface area contributed by atoms with E-state index >= 15 is 0 Å². The Balaban J connectivity index is 2.09. The first kappa shape index (κ1) is 18.8. The van der Waals surface area contributed by atoms with Gasteiger partial charge in [0.05, 0.1) is 23.6 Å². The molecule has 0 saturated carbocycles. The molecule has 2 heterocycles. The predicted octanol–water partition coefficient (Wildman–Crippen LogP) is 1.20. The average molecular weight is 399 g/mol. The van der Waals surface area contributed by atoms with E-state index in [2.05, 4.69) is 10.3 Å². The molecule has 1 atom stereocenters. The van der Waals surface area contributed by atoms with E-state index in [4.69, 9.17) is 16.3 Å². The summed E-state index contributed by atoms with van der Waals surface area (Å²) in [6, 6.07) is 3.59. The van der Waals surface area contributed by atoms with Crippen molar-refractivity contribution in [1.82, 2.24) is 19.2 Å². The van der Waals surface area contributed by atoms with E-state index in [1.807, 2.05) is 7.05 Å². The maximum atomic E-state index is 13.4. The molecule has 1 aliphatic rings. The van der Waals surface area contributed by atoms with Gasteiger partial charge >= 0.3 is 5.97 Å². The lowest BCUT2D eigenvalue weighted by molar-refractivity contribution is 0.0596. The van der Waals surface area contributed by atoms with E-state index in [-0.39, 0.29) is 22.0 Å². The molecule has 3 rings (SSSR count). The van der Waals surface area contributed by atoms with Crippen LogP contribution in [0.2, 0.25) is 5.02 Å². The van der Waals surface area contributed by atoms with Gasteiger partial charge in [0.15, 0.2) is 0 Å². The van der Waals surface area contributed by atoms with Crippen LogP contribution in [0.15, 0.2) is 35.5 Å². The summed E-state index contributed by atoms with van der Waals surface area (Å²) in [5.41, 5.74) is -0.0860. The zero-order valence-electron chi connectivity index (χ0n) is 14.3. The van der Waals surface area contributed by atoms with E-state index in [1.54, 1.807) is 17.0 Å². The van der Waals surface area contributed by atoms with Gasteiger partial charge in [0.1, 0.15) is 5.82 Å². The number of carbonyl (C=O) groups excluding carboxylic acids is 1. The first-order chi connectivity index (χ1) is 12.4. The number of rotatable bonds is 4. The summed E-state index contributed by atoms with van der Waals surface area (Å²) in [6.07, 6.45) is 3.38. The maximum Gasteiger partial charge on any atom is 0.339 e. The monoisotopic (exact) mass is 398 g/mol. The highest BCUT2D eigenvalue weighted by molar-refractivity contribution is 7.89. The number of hydrogen-bond acceptors (Lipinski definition) is 6. The van der Waals surface area contributed by atoms with Gasteiger partial charge in [0, 0.05) is 44.1 Å². The average Bonchev–Trinajstić information content (AvgIpc) is 3.06. The number of aromatic nitrogens is 2. The summed E-state index contributed by atoms with van der Waals surface area (Å²) in [5.74, 6) is -0.135. The lowest BCUT2D eigenvalue weighted by Gasteiger charge is -2.35. The fourth-order valence-corrected chi connectivity index (χ4v) is 4.94. The topological polar surface area (TPSA) is 93.5 Å². The van der Waals surface area contributed by atoms with Gasteiger partial charge in [-0.2, -0.15) is 4.31 Å². The van der Waals surface area contributed by atoms with Crippen molar-refractivity contribution in [2.75, 3.05) is 26.7 Å². The summed E-state index contributed by atoms with van der Waals surface area (Å²) >= 11 is 5.94. The Kier molecular flexibility index (Phi) is 5.33. The number of imidazole rings is 1. The van der Waals surface area contributed by atoms with Gasteiger partial charge in [-0.15, -0.1) is 0 Å². The number of hydrogen-bond donors (Lipinski definition) is 1. The molecule has 2 aromatic rings. The minimum atomic E-state index is -3.98. The van der Waals surface area contributed by atoms with E-state index in [9.17, 15) is 13.2 Å². The number of halogens is 1. The Morgan fingerprint density at radius 2 is 2.19 bits per heavy atom. The minimum Gasteiger partial charge on any atom is -0.465 e. The Morgan fingerprint density at radius 3 is 2.85 bits per heavy atom. The molecule has 0 bridgehead atoms. The van der Waals surface area contributed by atoms with Crippen LogP contribution in [0.5, 0.6) is 0 Å². The summed E-state index contributed by atoms with van der Waals surface area (Å²) in [4.78, 5) is 16.2. The second-order valence-electron chi connectivity index (χ2n) is 5.86. The number of piperazine rings is 1. The summed E-state index contributed by atoms with van der Waals surface area (Å²) in [6.45, 7) is 1.18. The predicted molar refractivity (Wildman–Crippen MR) is 95.5 cm³/mol. The molecule has 1 aromatic heterocycles. The molecular formula is C16H19ClN4O4S. The van der Waals surface area contributed by atoms with E-state index in [0.29, 0.717) is 18.9 Å². The van der Waals surface area contributed by atoms with Crippen LogP contribution in [0.1, 0.15) is 22.2 Å². The minimum absolute atomic E-state index is 0.0860. The zero-order valence-corrected chi connectivity index (χ0v) is 15.9. The molecule has 140 valence electrons. The number of sulfonamides is 1. The molecule has 10 heteroatoms. The Hall–Kier alpha value is -1.94. The second kappa shape index (κ2) is 7.36. The van der Waals surface area contributed by atoms with Gasteiger partial charge in [-0.25, -0.2) is 18.2 Å². The number of esters is 1. The molecule has 0 radical (unpaired) electrons. The van der Waals surface area contributed by atoms with Crippen LogP contribution < -0.4 is 5.32 Å². The molecule has 8 nitrogen and oxygen atoms in total. The Morgan fingerprint density at radius 1 is 1.42 bits per heavy atom. The second-order valence-corrected chi connectivity index (χ2v) is 8.16. The summed E-state index contributed by atoms with van der Waals surface area (Å²) in [7, 11) is -0.971. The van der Waals surface area contributed by atoms with Crippen LogP contribution in [0.3, 0.4) is 0 Å². The molecule has 0 amide bonds. The van der Waals surface area contributed by atoms with Crippen molar-refractivity contribution in [2.24, 2.45) is 7.05 Å². The van der Waals surface area contributed by atoms with Crippen LogP contribution in [0.25, 0.3) is 0 Å². The molecule has 0 aliphatic carbocycles. The molecular weight excluding hydrogens is 380 g/mol. The first-order valence-corrected chi connectivity index (χ1v) is 9.75. The van der Waals surface area contributed by atoms with Crippen LogP contribution in [0, 0.1) is 0 Å². The first-order valence-electron chi connectivity index (χ1n) is 7.94. The van der Waals surface area contributed by atoms with E-state index in [0.717, 1.165) is 0 Å². The molecule has 26 heavy (non-hydrogen) atoms. The van der Waals surface area contributed by atoms with Crippen molar-refractivity contribution in [3.63, 3.8) is 0 Å². The maximum absolute atomic E-state index is 13.4. The highest BCUT2D eigenvalue weighted by atomic mass is 35.5. The number of ether oxygens (including phenoxy) is 1. The van der Waals surface area contributed by atoms with Gasteiger partial charge in [0.2, 0.25) is 10.0 Å². The van der Waals surface area contributed by atoms with Gasteiger partial charge in [-0.3, -0.25) is 0 Å². The van der Waals surface area contributed by atoms with Crippen molar-refractivity contribution in [3.05, 3.63) is 47.0 Å². The van der Waals surface area contributed by atoms with Crippen molar-refractivity contribution < 1.29 is 17.9 Å². The summed E-state index contributed by atoms with van der Waals surface area (Å²) in [5, 5.41) is 3.44. The van der Waals surface area contributed by atoms with Gasteiger partial charge in [-0.1, -0.05) is 11.6 Å². The van der Waals surface area contributed by atoms with Crippen LogP contribution in [-0.4, -0.2) is 55.0 Å². The largest absolute Gasteiger partial charge is 0.465 e. The lowest BCUT2D eigenvalue weighted by Crippen LogP contribution is -2.49. The fourth-order valence-electron chi connectivity index (χ4n) is 3.01. The third kappa shape index (κ3) is 3.35. The van der Waals surface area contributed by atoms with Crippen LogP contribution in [-0.2, 0) is 21.8 Å². The highest BCUT2D eigenvalue weighted by Gasteiger charge is 2.38. The van der Waals surface area contributed by atoms with Gasteiger partial charge in [0.25, 0.3) is 0 Å². The molecule has 1 unspecified atom stereocenters. The quantitative estimate of drug-likeness (QED) is 0.778. The lowest BCUT2D eigenvalue weighted by atomic mass is 10.2. The third-order valence-corrected chi connectivity index (χ3v) is 6.49. The molecule has 1 saturated heterocycles. The molecule has 1 aromatic carbocycles. The number of carbonyl (C=O) groups is 1. The van der Waals surface area contributed by atoms with Crippen LogP contribution >= 0.6 is 11.6 Å². The number of aryl methyl sites for hydroxylation is 1. The SMILES string of the molecule is COC(=O)c1cc(Cl)ccc1S(=O)(=O)N1CCNCC1c1nccn1C. The number of methoxy groups -OCH3 is 1. The highest BCUT2D eigenvalue weighted by Crippen LogP contribution is 2.31. The number of nitrogens with zero attached hydrogens (tertiary/aromatic N) is 3. The normalized spacial score (nSPS) is 18.7. The third-order valence-electron chi connectivity index (χ3n) is 4.28.